The SMILES string of the molecule is O=C(CNc1ccccc1)NN=C/C=C/Cc1ccco1. The molecule has 0 saturated carbocycles. The van der Waals surface area contributed by atoms with E-state index in [1.54, 1.807) is 12.3 Å². The van der Waals surface area contributed by atoms with Gasteiger partial charge in [0.15, 0.2) is 0 Å². The van der Waals surface area contributed by atoms with Gasteiger partial charge in [0, 0.05) is 18.3 Å². The number of para-hydroxylation sites is 1. The van der Waals surface area contributed by atoms with Crippen LogP contribution < -0.4 is 10.7 Å². The third-order valence-corrected chi connectivity index (χ3v) is 2.61. The first kappa shape index (κ1) is 14.6. The molecule has 2 N–H and O–H groups in total. The highest BCUT2D eigenvalue weighted by Gasteiger charge is 1.97. The van der Waals surface area contributed by atoms with Crippen molar-refractivity contribution in [3.05, 3.63) is 66.6 Å². The number of hydrogen-bond acceptors (Lipinski definition) is 4. The molecule has 2 aromatic rings. The summed E-state index contributed by atoms with van der Waals surface area (Å²) in [7, 11) is 0. The Hall–Kier alpha value is -2.82. The Labute approximate surface area is 123 Å². The second-order valence-electron chi connectivity index (χ2n) is 4.24. The second kappa shape index (κ2) is 8.37. The van der Waals surface area contributed by atoms with E-state index in [1.807, 2.05) is 48.5 Å². The van der Waals surface area contributed by atoms with Gasteiger partial charge in [0.2, 0.25) is 0 Å². The van der Waals surface area contributed by atoms with Crippen molar-refractivity contribution in [2.75, 3.05) is 11.9 Å². The first-order valence-electron chi connectivity index (χ1n) is 6.63. The number of carbonyl (C=O) groups excluding carboxylic acids is 1. The van der Waals surface area contributed by atoms with Gasteiger partial charge in [-0.3, -0.25) is 4.79 Å². The molecule has 21 heavy (non-hydrogen) atoms. The highest BCUT2D eigenvalue weighted by atomic mass is 16.3. The Morgan fingerprint density at radius 1 is 1.19 bits per heavy atom. The molecule has 1 amide bonds. The first-order chi connectivity index (χ1) is 10.3. The summed E-state index contributed by atoms with van der Waals surface area (Å²) < 4.78 is 5.18. The molecule has 1 aromatic carbocycles. The molecule has 0 aliphatic heterocycles. The molecular formula is C16H17N3O2. The molecule has 0 saturated heterocycles. The number of hydrazone groups is 1. The maximum Gasteiger partial charge on any atom is 0.259 e. The quantitative estimate of drug-likeness (QED) is 0.606. The Morgan fingerprint density at radius 2 is 2.05 bits per heavy atom. The molecule has 0 atom stereocenters. The molecule has 0 radical (unpaired) electrons. The average molecular weight is 283 g/mol. The third-order valence-electron chi connectivity index (χ3n) is 2.61. The van der Waals surface area contributed by atoms with Gasteiger partial charge in [-0.25, -0.2) is 5.43 Å². The smallest absolute Gasteiger partial charge is 0.259 e. The van der Waals surface area contributed by atoms with E-state index < -0.39 is 0 Å². The Morgan fingerprint density at radius 3 is 2.81 bits per heavy atom. The Kier molecular flexibility index (Phi) is 5.81. The summed E-state index contributed by atoms with van der Waals surface area (Å²) in [6.07, 6.45) is 7.52. The van der Waals surface area contributed by atoms with Crippen LogP contribution in [0.5, 0.6) is 0 Å². The van der Waals surface area contributed by atoms with Gasteiger partial charge in [0.25, 0.3) is 5.91 Å². The van der Waals surface area contributed by atoms with E-state index in [0.717, 1.165) is 11.4 Å². The highest BCUT2D eigenvalue weighted by molar-refractivity contribution is 5.82. The molecule has 0 spiro atoms. The van der Waals surface area contributed by atoms with Crippen LogP contribution >= 0.6 is 0 Å². The van der Waals surface area contributed by atoms with Crippen LogP contribution in [0, 0.1) is 0 Å². The van der Waals surface area contributed by atoms with E-state index in [-0.39, 0.29) is 12.5 Å². The van der Waals surface area contributed by atoms with Gasteiger partial charge in [-0.2, -0.15) is 5.10 Å². The van der Waals surface area contributed by atoms with E-state index in [4.69, 9.17) is 4.42 Å². The van der Waals surface area contributed by atoms with Gasteiger partial charge in [0.05, 0.1) is 12.8 Å². The number of anilines is 1. The fourth-order valence-corrected chi connectivity index (χ4v) is 1.60. The van der Waals surface area contributed by atoms with Crippen LogP contribution in [0.15, 0.2) is 70.4 Å². The van der Waals surface area contributed by atoms with E-state index in [2.05, 4.69) is 15.8 Å². The lowest BCUT2D eigenvalue weighted by Crippen LogP contribution is -2.25. The number of nitrogens with one attached hydrogen (secondary N) is 2. The normalized spacial score (nSPS) is 11.0. The van der Waals surface area contributed by atoms with Gasteiger partial charge >= 0.3 is 0 Å². The van der Waals surface area contributed by atoms with E-state index in [0.29, 0.717) is 6.42 Å². The summed E-state index contributed by atoms with van der Waals surface area (Å²) >= 11 is 0. The molecule has 0 fully saturated rings. The van der Waals surface area contributed by atoms with Crippen molar-refractivity contribution in [1.29, 1.82) is 0 Å². The lowest BCUT2D eigenvalue weighted by Gasteiger charge is -2.03. The molecule has 1 aromatic heterocycles. The number of allylic oxidation sites excluding steroid dienone is 2. The zero-order chi connectivity index (χ0) is 14.8. The molecule has 0 aliphatic carbocycles. The third kappa shape index (κ3) is 5.78. The molecule has 5 heteroatoms. The first-order valence-corrected chi connectivity index (χ1v) is 6.63. The average Bonchev–Trinajstić information content (AvgIpc) is 3.03. The van der Waals surface area contributed by atoms with Crippen LogP contribution in [0.3, 0.4) is 0 Å². The zero-order valence-electron chi connectivity index (χ0n) is 11.5. The molecule has 108 valence electrons. The molecule has 1 heterocycles. The standard InChI is InChI=1S/C16H17N3O2/c20-16(13-17-14-7-2-1-3-8-14)19-18-11-5-4-9-15-10-6-12-21-15/h1-8,10-12,17H,9,13H2,(H,19,20)/b5-4+,18-11?. The lowest BCUT2D eigenvalue weighted by molar-refractivity contribution is -0.119. The zero-order valence-corrected chi connectivity index (χ0v) is 11.5. The van der Waals surface area contributed by atoms with Crippen molar-refractivity contribution in [3.63, 3.8) is 0 Å². The second-order valence-corrected chi connectivity index (χ2v) is 4.24. The van der Waals surface area contributed by atoms with Crippen LogP contribution in [0.2, 0.25) is 0 Å². The summed E-state index contributed by atoms with van der Waals surface area (Å²) in [6.45, 7) is 0.178. The Bertz CT molecular complexity index is 589. The minimum absolute atomic E-state index is 0.178. The largest absolute Gasteiger partial charge is 0.469 e. The predicted octanol–water partition coefficient (Wildman–Crippen LogP) is 2.59. The molecular weight excluding hydrogens is 266 g/mol. The minimum Gasteiger partial charge on any atom is -0.469 e. The van der Waals surface area contributed by atoms with Gasteiger partial charge in [-0.1, -0.05) is 24.3 Å². The number of rotatable bonds is 7. The minimum atomic E-state index is -0.200. The van der Waals surface area contributed by atoms with Gasteiger partial charge < -0.3 is 9.73 Å². The van der Waals surface area contributed by atoms with Crippen molar-refractivity contribution >= 4 is 17.8 Å². The monoisotopic (exact) mass is 283 g/mol. The van der Waals surface area contributed by atoms with Gasteiger partial charge in [-0.05, 0) is 30.3 Å². The van der Waals surface area contributed by atoms with Crippen LogP contribution in [-0.4, -0.2) is 18.7 Å². The van der Waals surface area contributed by atoms with E-state index in [9.17, 15) is 4.79 Å². The van der Waals surface area contributed by atoms with Gasteiger partial charge in [-0.15, -0.1) is 0 Å². The number of benzene rings is 1. The Balaban J connectivity index is 1.62. The van der Waals surface area contributed by atoms with E-state index in [1.165, 1.54) is 6.21 Å². The lowest BCUT2D eigenvalue weighted by atomic mass is 10.3. The molecule has 5 nitrogen and oxygen atoms in total. The fourth-order valence-electron chi connectivity index (χ4n) is 1.60. The fraction of sp³-hybridized carbons (Fsp3) is 0.125. The van der Waals surface area contributed by atoms with Crippen LogP contribution in [0.1, 0.15) is 5.76 Å². The molecule has 0 bridgehead atoms. The van der Waals surface area contributed by atoms with Gasteiger partial charge in [0.1, 0.15) is 5.76 Å². The summed E-state index contributed by atoms with van der Waals surface area (Å²) in [5.74, 6) is 0.685. The van der Waals surface area contributed by atoms with Crippen molar-refractivity contribution in [1.82, 2.24) is 5.43 Å². The van der Waals surface area contributed by atoms with Crippen molar-refractivity contribution in [2.24, 2.45) is 5.10 Å². The highest BCUT2D eigenvalue weighted by Crippen LogP contribution is 2.03. The number of carbonyl (C=O) groups is 1. The topological polar surface area (TPSA) is 66.6 Å². The van der Waals surface area contributed by atoms with Crippen molar-refractivity contribution in [2.45, 2.75) is 6.42 Å². The van der Waals surface area contributed by atoms with Crippen LogP contribution in [0.25, 0.3) is 0 Å². The molecule has 0 unspecified atom stereocenters. The van der Waals surface area contributed by atoms with Crippen molar-refractivity contribution < 1.29 is 9.21 Å². The molecule has 0 aliphatic rings. The number of nitrogens with zero attached hydrogens (tertiary/aromatic N) is 1. The number of hydrogen-bond donors (Lipinski definition) is 2. The number of furan rings is 1. The predicted molar refractivity (Wildman–Crippen MR) is 83.1 cm³/mol. The maximum atomic E-state index is 11.5. The summed E-state index contributed by atoms with van der Waals surface area (Å²) in [5, 5.41) is 6.82. The number of amides is 1. The van der Waals surface area contributed by atoms with E-state index >= 15 is 0 Å². The summed E-state index contributed by atoms with van der Waals surface area (Å²) in [5.41, 5.74) is 3.34. The van der Waals surface area contributed by atoms with Crippen LogP contribution in [0.4, 0.5) is 5.69 Å². The molecule has 2 rings (SSSR count). The maximum absolute atomic E-state index is 11.5. The summed E-state index contributed by atoms with van der Waals surface area (Å²) in [4.78, 5) is 11.5. The van der Waals surface area contributed by atoms with Crippen molar-refractivity contribution in [3.8, 4) is 0 Å². The summed E-state index contributed by atoms with van der Waals surface area (Å²) in [6, 6.07) is 13.3. The van der Waals surface area contributed by atoms with Crippen LogP contribution in [-0.2, 0) is 11.2 Å².